The van der Waals surface area contributed by atoms with Gasteiger partial charge in [0.2, 0.25) is 11.8 Å². The molecule has 2 amide bonds. The number of carbonyl (C=O) groups is 2. The molecule has 3 N–H and O–H groups in total. The van der Waals surface area contributed by atoms with Crippen molar-refractivity contribution in [2.24, 2.45) is 17.3 Å². The summed E-state index contributed by atoms with van der Waals surface area (Å²) in [5, 5.41) is 16.2. The number of ether oxygens (including phenoxy) is 3. The maximum Gasteiger partial charge on any atom is 0.216 e. The molecule has 0 radical (unpaired) electrons. The van der Waals surface area contributed by atoms with E-state index in [0.717, 1.165) is 25.0 Å². The molecule has 0 bridgehead atoms. The second-order valence-corrected chi connectivity index (χ2v) is 12.3. The fourth-order valence-corrected chi connectivity index (χ4v) is 7.47. The lowest BCUT2D eigenvalue weighted by Gasteiger charge is -2.50. The van der Waals surface area contributed by atoms with Crippen LogP contribution in [0.25, 0.3) is 0 Å². The van der Waals surface area contributed by atoms with Crippen molar-refractivity contribution >= 4 is 11.8 Å². The Morgan fingerprint density at radius 3 is 2.32 bits per heavy atom. The predicted octanol–water partition coefficient (Wildman–Crippen LogP) is 2.89. The second kappa shape index (κ2) is 15.3. The minimum atomic E-state index is -0.121. The van der Waals surface area contributed by atoms with E-state index in [1.807, 2.05) is 0 Å². The third-order valence-electron chi connectivity index (χ3n) is 9.67. The van der Waals surface area contributed by atoms with Crippen LogP contribution >= 0.6 is 0 Å². The highest BCUT2D eigenvalue weighted by Crippen LogP contribution is 2.60. The van der Waals surface area contributed by atoms with Gasteiger partial charge in [0.05, 0.1) is 32.5 Å². The number of aliphatic hydroxyl groups excluding tert-OH is 1. The Balaban J connectivity index is 1.10. The molecule has 230 valence electrons. The Bertz CT molecular complexity index is 986. The van der Waals surface area contributed by atoms with E-state index in [0.29, 0.717) is 83.5 Å². The molecule has 9 nitrogen and oxygen atoms in total. The fourth-order valence-electron chi connectivity index (χ4n) is 7.47. The number of carbonyl (C=O) groups excluding carboxylic acids is 2. The van der Waals surface area contributed by atoms with Crippen LogP contribution in [-0.2, 0) is 25.5 Å². The smallest absolute Gasteiger partial charge is 0.216 e. The molecule has 3 aliphatic carbocycles. The largest absolute Gasteiger partial charge is 0.491 e. The van der Waals surface area contributed by atoms with Crippen LogP contribution in [0.2, 0.25) is 0 Å². The zero-order valence-electron chi connectivity index (χ0n) is 25.3. The molecule has 5 atom stereocenters. The van der Waals surface area contributed by atoms with Crippen LogP contribution in [0.15, 0.2) is 18.2 Å². The molecule has 9 heteroatoms. The summed E-state index contributed by atoms with van der Waals surface area (Å²) in [5.74, 6) is 2.80. The first-order chi connectivity index (χ1) is 19.8. The highest BCUT2D eigenvalue weighted by molar-refractivity contribution is 5.73. The number of rotatable bonds is 16. The molecule has 3 aliphatic rings. The fraction of sp³-hybridized carbons (Fsp3) is 0.750. The van der Waals surface area contributed by atoms with Crippen molar-refractivity contribution < 1.29 is 28.9 Å². The maximum absolute atomic E-state index is 11.1. The van der Waals surface area contributed by atoms with Crippen LogP contribution < -0.4 is 15.4 Å². The number of hydrogen-bond donors (Lipinski definition) is 3. The van der Waals surface area contributed by atoms with Gasteiger partial charge in [0.1, 0.15) is 12.4 Å². The van der Waals surface area contributed by atoms with Crippen LogP contribution in [0, 0.1) is 17.3 Å². The molecular weight excluding hydrogens is 522 g/mol. The Hall–Kier alpha value is -2.20. The van der Waals surface area contributed by atoms with Gasteiger partial charge in [-0.25, -0.2) is 0 Å². The highest BCUT2D eigenvalue weighted by atomic mass is 16.5. The molecule has 0 heterocycles. The van der Waals surface area contributed by atoms with Crippen LogP contribution in [0.3, 0.4) is 0 Å². The van der Waals surface area contributed by atoms with E-state index in [1.54, 1.807) is 0 Å². The summed E-state index contributed by atoms with van der Waals surface area (Å²) >= 11 is 0. The summed E-state index contributed by atoms with van der Waals surface area (Å²) in [5.41, 5.74) is 3.06. The maximum atomic E-state index is 11.1. The van der Waals surface area contributed by atoms with Gasteiger partial charge in [-0.2, -0.15) is 0 Å². The lowest BCUT2D eigenvalue weighted by Crippen LogP contribution is -2.43. The molecule has 0 aliphatic heterocycles. The van der Waals surface area contributed by atoms with E-state index in [2.05, 4.69) is 40.7 Å². The van der Waals surface area contributed by atoms with Gasteiger partial charge in [-0.15, -0.1) is 0 Å². The van der Waals surface area contributed by atoms with Crippen LogP contribution in [0.5, 0.6) is 5.75 Å². The van der Waals surface area contributed by atoms with Crippen molar-refractivity contribution in [3.05, 3.63) is 29.3 Å². The second-order valence-electron chi connectivity index (χ2n) is 12.3. The molecule has 2 fully saturated rings. The summed E-state index contributed by atoms with van der Waals surface area (Å²) in [4.78, 5) is 24.4. The van der Waals surface area contributed by atoms with Crippen LogP contribution in [0.1, 0.15) is 69.9 Å². The van der Waals surface area contributed by atoms with E-state index >= 15 is 0 Å². The first kappa shape index (κ1) is 31.7. The SMILES string of the molecule is CC(=O)NCCN(CCNC(C)=O)CCOCCOCCOc1ccc2c(c1)CC[C@@H]1[C@@H]2CC[C@]2(C)[C@@H](O)CC[C@@H]12. The zero-order valence-corrected chi connectivity index (χ0v) is 25.3. The average Bonchev–Trinajstić information content (AvgIpc) is 3.25. The van der Waals surface area contributed by atoms with E-state index in [1.165, 1.54) is 44.2 Å². The molecule has 41 heavy (non-hydrogen) atoms. The number of amides is 2. The van der Waals surface area contributed by atoms with Gasteiger partial charge in [0.25, 0.3) is 0 Å². The summed E-state index contributed by atoms with van der Waals surface area (Å²) < 4.78 is 17.4. The monoisotopic (exact) mass is 573 g/mol. The molecule has 0 unspecified atom stereocenters. The number of hydrogen-bond acceptors (Lipinski definition) is 7. The van der Waals surface area contributed by atoms with Gasteiger partial charge in [0, 0.05) is 46.6 Å². The van der Waals surface area contributed by atoms with Gasteiger partial charge in [-0.05, 0) is 85.0 Å². The van der Waals surface area contributed by atoms with E-state index in [9.17, 15) is 14.7 Å². The standard InChI is InChI=1S/C32H51N3O6/c1-23(36)33-12-14-35(15-13-34-24(2)37)16-17-39-18-19-40-20-21-41-26-5-7-27-25(22-26)4-6-29-28(27)10-11-32(3)30(29)8-9-31(32)38/h5,7,22,28-31,38H,4,6,8-21H2,1-3H3,(H,33,36)(H,34,37)/t28-,29-,30+,31+,32+/m1/s1. The molecule has 0 spiro atoms. The van der Waals surface area contributed by atoms with Crippen molar-refractivity contribution in [1.29, 1.82) is 0 Å². The summed E-state index contributed by atoms with van der Waals surface area (Å²) in [6.07, 6.45) is 6.67. The van der Waals surface area contributed by atoms with Gasteiger partial charge in [-0.3, -0.25) is 14.5 Å². The lowest BCUT2D eigenvalue weighted by molar-refractivity contribution is -0.119. The average molecular weight is 574 g/mol. The molecule has 0 aromatic heterocycles. The summed E-state index contributed by atoms with van der Waals surface area (Å²) in [7, 11) is 0. The van der Waals surface area contributed by atoms with Crippen LogP contribution in [0.4, 0.5) is 0 Å². The van der Waals surface area contributed by atoms with Gasteiger partial charge >= 0.3 is 0 Å². The Kier molecular flexibility index (Phi) is 11.9. The number of aryl methyl sites for hydroxylation is 1. The highest BCUT2D eigenvalue weighted by Gasteiger charge is 2.54. The number of nitrogens with one attached hydrogen (secondary N) is 2. The molecular formula is C32H51N3O6. The van der Waals surface area contributed by atoms with Gasteiger partial charge in [0.15, 0.2) is 0 Å². The minimum absolute atomic E-state index is 0.0491. The van der Waals surface area contributed by atoms with Crippen molar-refractivity contribution in [1.82, 2.24) is 15.5 Å². The quantitative estimate of drug-likeness (QED) is 0.261. The normalized spacial score (nSPS) is 26.7. The summed E-state index contributed by atoms with van der Waals surface area (Å²) in [6, 6.07) is 6.64. The van der Waals surface area contributed by atoms with E-state index < -0.39 is 0 Å². The van der Waals surface area contributed by atoms with Crippen LogP contribution in [-0.4, -0.2) is 93.7 Å². The Labute approximate surface area is 245 Å². The molecule has 1 aromatic carbocycles. The van der Waals surface area contributed by atoms with Crippen molar-refractivity contribution in [3.8, 4) is 5.75 Å². The van der Waals surface area contributed by atoms with Gasteiger partial charge < -0.3 is 30.0 Å². The number of nitrogens with zero attached hydrogens (tertiary/aromatic N) is 1. The molecule has 0 saturated heterocycles. The first-order valence-electron chi connectivity index (χ1n) is 15.6. The van der Waals surface area contributed by atoms with E-state index in [4.69, 9.17) is 14.2 Å². The molecule has 1 aromatic rings. The predicted molar refractivity (Wildman–Crippen MR) is 158 cm³/mol. The van der Waals surface area contributed by atoms with Crippen molar-refractivity contribution in [2.75, 3.05) is 65.8 Å². The van der Waals surface area contributed by atoms with Gasteiger partial charge in [-0.1, -0.05) is 13.0 Å². The zero-order chi connectivity index (χ0) is 29.2. The van der Waals surface area contributed by atoms with E-state index in [-0.39, 0.29) is 23.3 Å². The number of benzene rings is 1. The van der Waals surface area contributed by atoms with Crippen molar-refractivity contribution in [2.45, 2.75) is 71.3 Å². The lowest BCUT2D eigenvalue weighted by atomic mass is 9.55. The first-order valence-corrected chi connectivity index (χ1v) is 15.6. The topological polar surface area (TPSA) is 109 Å². The third kappa shape index (κ3) is 8.66. The molecule has 2 saturated carbocycles. The molecule has 4 rings (SSSR count). The van der Waals surface area contributed by atoms with Crippen molar-refractivity contribution in [3.63, 3.8) is 0 Å². The third-order valence-corrected chi connectivity index (χ3v) is 9.67. The Morgan fingerprint density at radius 2 is 1.61 bits per heavy atom. The number of aliphatic hydroxyl groups is 1. The number of fused-ring (bicyclic) bond motifs is 5. The minimum Gasteiger partial charge on any atom is -0.491 e. The summed E-state index contributed by atoms with van der Waals surface area (Å²) in [6.45, 7) is 11.1. The Morgan fingerprint density at radius 1 is 0.927 bits per heavy atom.